The molecule has 0 radical (unpaired) electrons. The third-order valence-corrected chi connectivity index (χ3v) is 3.63. The van der Waals surface area contributed by atoms with E-state index in [1.807, 2.05) is 6.07 Å². The molecule has 0 aromatic carbocycles. The maximum atomic E-state index is 9.68. The molecule has 0 amide bonds. The standard InChI is InChI=1S/C11H18O2S/c1-11(2,3)10-6-5-9(14-10)8(12)7-13-4/h5-6,8,12H,7H2,1-4H3. The molecular weight excluding hydrogens is 196 g/mol. The van der Waals surface area contributed by atoms with Crippen LogP contribution in [-0.4, -0.2) is 18.8 Å². The van der Waals surface area contributed by atoms with E-state index in [0.29, 0.717) is 6.61 Å². The van der Waals surface area contributed by atoms with E-state index in [2.05, 4.69) is 26.8 Å². The van der Waals surface area contributed by atoms with Crippen LogP contribution in [0, 0.1) is 0 Å². The zero-order valence-corrected chi connectivity index (χ0v) is 10.0. The fourth-order valence-electron chi connectivity index (χ4n) is 1.18. The highest BCUT2D eigenvalue weighted by Crippen LogP contribution is 2.32. The summed E-state index contributed by atoms with van der Waals surface area (Å²) in [6, 6.07) is 4.06. The van der Waals surface area contributed by atoms with E-state index in [1.165, 1.54) is 4.88 Å². The highest BCUT2D eigenvalue weighted by molar-refractivity contribution is 7.12. The Hall–Kier alpha value is -0.380. The van der Waals surface area contributed by atoms with Crippen LogP contribution >= 0.6 is 11.3 Å². The molecular formula is C11H18O2S. The van der Waals surface area contributed by atoms with Crippen molar-refractivity contribution in [2.45, 2.75) is 32.3 Å². The van der Waals surface area contributed by atoms with Crippen molar-refractivity contribution in [1.29, 1.82) is 0 Å². The fraction of sp³-hybridized carbons (Fsp3) is 0.636. The largest absolute Gasteiger partial charge is 0.385 e. The summed E-state index contributed by atoms with van der Waals surface area (Å²) in [6.07, 6.45) is -0.485. The number of methoxy groups -OCH3 is 1. The molecule has 0 spiro atoms. The molecule has 1 heterocycles. The summed E-state index contributed by atoms with van der Waals surface area (Å²) < 4.78 is 4.91. The molecule has 0 aliphatic carbocycles. The smallest absolute Gasteiger partial charge is 0.111 e. The summed E-state index contributed by atoms with van der Waals surface area (Å²) >= 11 is 1.66. The molecule has 0 fully saturated rings. The zero-order valence-electron chi connectivity index (χ0n) is 9.20. The van der Waals surface area contributed by atoms with E-state index in [1.54, 1.807) is 18.4 Å². The number of aliphatic hydroxyl groups excluding tert-OH is 1. The minimum atomic E-state index is -0.485. The number of thiophene rings is 1. The first-order chi connectivity index (χ1) is 6.45. The second-order valence-corrected chi connectivity index (χ2v) is 5.54. The van der Waals surface area contributed by atoms with E-state index in [9.17, 15) is 5.11 Å². The molecule has 0 aliphatic heterocycles. The van der Waals surface area contributed by atoms with Gasteiger partial charge in [-0.05, 0) is 17.5 Å². The van der Waals surface area contributed by atoms with Crippen LogP contribution in [0.25, 0.3) is 0 Å². The monoisotopic (exact) mass is 214 g/mol. The van der Waals surface area contributed by atoms with Crippen molar-refractivity contribution in [2.24, 2.45) is 0 Å². The number of ether oxygens (including phenoxy) is 1. The molecule has 0 aliphatic rings. The van der Waals surface area contributed by atoms with Gasteiger partial charge in [0.25, 0.3) is 0 Å². The Morgan fingerprint density at radius 2 is 2.07 bits per heavy atom. The first-order valence-corrected chi connectivity index (χ1v) is 5.54. The van der Waals surface area contributed by atoms with Crippen molar-refractivity contribution in [1.82, 2.24) is 0 Å². The van der Waals surface area contributed by atoms with Gasteiger partial charge in [-0.15, -0.1) is 11.3 Å². The molecule has 3 heteroatoms. The van der Waals surface area contributed by atoms with E-state index in [-0.39, 0.29) is 5.41 Å². The number of hydrogen-bond donors (Lipinski definition) is 1. The lowest BCUT2D eigenvalue weighted by Gasteiger charge is -2.15. The van der Waals surface area contributed by atoms with E-state index in [4.69, 9.17) is 4.74 Å². The van der Waals surface area contributed by atoms with E-state index in [0.717, 1.165) is 4.88 Å². The molecule has 14 heavy (non-hydrogen) atoms. The Balaban J connectivity index is 2.78. The molecule has 0 saturated carbocycles. The van der Waals surface area contributed by atoms with Gasteiger partial charge in [0.1, 0.15) is 6.10 Å². The molecule has 1 aromatic heterocycles. The normalized spacial score (nSPS) is 14.4. The average Bonchev–Trinajstić information content (AvgIpc) is 2.51. The van der Waals surface area contributed by atoms with Gasteiger partial charge in [-0.25, -0.2) is 0 Å². The van der Waals surface area contributed by atoms with Gasteiger partial charge >= 0.3 is 0 Å². The highest BCUT2D eigenvalue weighted by Gasteiger charge is 2.18. The fourth-order valence-corrected chi connectivity index (χ4v) is 2.21. The van der Waals surface area contributed by atoms with Crippen LogP contribution in [0.3, 0.4) is 0 Å². The van der Waals surface area contributed by atoms with Gasteiger partial charge in [0.05, 0.1) is 6.61 Å². The lowest BCUT2D eigenvalue weighted by molar-refractivity contribution is 0.0666. The molecule has 1 rings (SSSR count). The zero-order chi connectivity index (χ0) is 10.8. The van der Waals surface area contributed by atoms with Gasteiger partial charge in [-0.3, -0.25) is 0 Å². The van der Waals surface area contributed by atoms with Crippen molar-refractivity contribution >= 4 is 11.3 Å². The van der Waals surface area contributed by atoms with E-state index >= 15 is 0 Å². The van der Waals surface area contributed by atoms with Crippen molar-refractivity contribution in [3.63, 3.8) is 0 Å². The lowest BCUT2D eigenvalue weighted by atomic mass is 9.95. The molecule has 2 nitrogen and oxygen atoms in total. The summed E-state index contributed by atoms with van der Waals surface area (Å²) in [6.45, 7) is 6.88. The summed E-state index contributed by atoms with van der Waals surface area (Å²) in [7, 11) is 1.60. The van der Waals surface area contributed by atoms with Crippen LogP contribution in [0.15, 0.2) is 12.1 Å². The molecule has 0 saturated heterocycles. The lowest BCUT2D eigenvalue weighted by Crippen LogP contribution is -2.08. The quantitative estimate of drug-likeness (QED) is 0.838. The van der Waals surface area contributed by atoms with Crippen LogP contribution in [0.2, 0.25) is 0 Å². The Morgan fingerprint density at radius 1 is 1.43 bits per heavy atom. The van der Waals surface area contributed by atoms with Crippen LogP contribution in [-0.2, 0) is 10.2 Å². The number of rotatable bonds is 3. The van der Waals surface area contributed by atoms with Gasteiger partial charge in [0.15, 0.2) is 0 Å². The Morgan fingerprint density at radius 3 is 2.50 bits per heavy atom. The van der Waals surface area contributed by atoms with Crippen molar-refractivity contribution in [3.05, 3.63) is 21.9 Å². The van der Waals surface area contributed by atoms with Crippen LogP contribution < -0.4 is 0 Å². The first kappa shape index (κ1) is 11.7. The predicted octanol–water partition coefficient (Wildman–Crippen LogP) is 2.73. The van der Waals surface area contributed by atoms with Gasteiger partial charge in [-0.2, -0.15) is 0 Å². The van der Waals surface area contributed by atoms with Gasteiger partial charge in [0.2, 0.25) is 0 Å². The first-order valence-electron chi connectivity index (χ1n) is 4.72. The molecule has 80 valence electrons. The molecule has 1 atom stereocenters. The summed E-state index contributed by atoms with van der Waals surface area (Å²) in [5, 5.41) is 9.68. The average molecular weight is 214 g/mol. The highest BCUT2D eigenvalue weighted by atomic mass is 32.1. The SMILES string of the molecule is COCC(O)c1ccc(C(C)(C)C)s1. The third kappa shape index (κ3) is 2.80. The second-order valence-electron chi connectivity index (χ2n) is 4.42. The van der Waals surface area contributed by atoms with Gasteiger partial charge in [0, 0.05) is 16.9 Å². The van der Waals surface area contributed by atoms with Crippen LogP contribution in [0.1, 0.15) is 36.6 Å². The minimum Gasteiger partial charge on any atom is -0.385 e. The molecule has 1 N–H and O–H groups in total. The van der Waals surface area contributed by atoms with Gasteiger partial charge in [-0.1, -0.05) is 20.8 Å². The molecule has 0 bridgehead atoms. The molecule has 1 unspecified atom stereocenters. The predicted molar refractivity (Wildman–Crippen MR) is 59.9 cm³/mol. The molecule has 1 aromatic rings. The third-order valence-electron chi connectivity index (χ3n) is 2.02. The van der Waals surface area contributed by atoms with Crippen LogP contribution in [0.4, 0.5) is 0 Å². The second kappa shape index (κ2) is 4.43. The summed E-state index contributed by atoms with van der Waals surface area (Å²) in [5.74, 6) is 0. The Bertz CT molecular complexity index is 286. The van der Waals surface area contributed by atoms with Gasteiger partial charge < -0.3 is 9.84 Å². The Labute approximate surface area is 89.5 Å². The van der Waals surface area contributed by atoms with Crippen molar-refractivity contribution in [3.8, 4) is 0 Å². The number of hydrogen-bond acceptors (Lipinski definition) is 3. The van der Waals surface area contributed by atoms with E-state index < -0.39 is 6.10 Å². The van der Waals surface area contributed by atoms with Crippen LogP contribution in [0.5, 0.6) is 0 Å². The minimum absolute atomic E-state index is 0.162. The topological polar surface area (TPSA) is 29.5 Å². The van der Waals surface area contributed by atoms with Crippen molar-refractivity contribution < 1.29 is 9.84 Å². The van der Waals surface area contributed by atoms with Crippen molar-refractivity contribution in [2.75, 3.05) is 13.7 Å². The Kier molecular flexibility index (Phi) is 3.70. The maximum absolute atomic E-state index is 9.68. The summed E-state index contributed by atoms with van der Waals surface area (Å²) in [4.78, 5) is 2.28. The summed E-state index contributed by atoms with van der Waals surface area (Å²) in [5.41, 5.74) is 0.162. The maximum Gasteiger partial charge on any atom is 0.111 e. The number of aliphatic hydroxyl groups is 1.